The maximum atomic E-state index is 13.4. The van der Waals surface area contributed by atoms with Crippen molar-refractivity contribution in [1.82, 2.24) is 4.98 Å². The van der Waals surface area contributed by atoms with Gasteiger partial charge in [-0.1, -0.05) is 40.6 Å². The Kier molecular flexibility index (Phi) is 6.04. The van der Waals surface area contributed by atoms with Gasteiger partial charge in [-0.25, -0.2) is 4.98 Å². The maximum Gasteiger partial charge on any atom is 0.296 e. The molecule has 1 aliphatic heterocycles. The van der Waals surface area contributed by atoms with E-state index < -0.39 is 23.5 Å². The molecule has 10 heteroatoms. The lowest BCUT2D eigenvalue weighted by atomic mass is 9.95. The van der Waals surface area contributed by atoms with Crippen molar-refractivity contribution in [3.05, 3.63) is 87.0 Å². The Bertz CT molecular complexity index is 1520. The molecular formula is C25H18Cl2N2O5S. The number of hydrogen-bond acceptors (Lipinski definition) is 7. The topological polar surface area (TPSA) is 92.9 Å². The summed E-state index contributed by atoms with van der Waals surface area (Å²) < 4.78 is 11.8. The van der Waals surface area contributed by atoms with Gasteiger partial charge in [0.15, 0.2) is 16.7 Å². The average Bonchev–Trinajstić information content (AvgIpc) is 3.51. The molecule has 0 aliphatic carbocycles. The predicted octanol–water partition coefficient (Wildman–Crippen LogP) is 6.69. The Morgan fingerprint density at radius 1 is 1.17 bits per heavy atom. The second kappa shape index (κ2) is 9.03. The molecule has 1 amide bonds. The Balaban J connectivity index is 1.66. The Morgan fingerprint density at radius 2 is 1.97 bits per heavy atom. The number of halogens is 2. The number of fused-ring (bicyclic) bond motifs is 1. The second-order valence-corrected chi connectivity index (χ2v) is 9.64. The highest BCUT2D eigenvalue weighted by Crippen LogP contribution is 2.45. The highest BCUT2D eigenvalue weighted by molar-refractivity contribution is 7.22. The number of amides is 1. The van der Waals surface area contributed by atoms with Crippen LogP contribution in [-0.4, -0.2) is 28.4 Å². The number of rotatable bonds is 6. The number of ether oxygens (including phenoxy) is 1. The minimum Gasteiger partial charge on any atom is -0.503 e. The fourth-order valence-corrected chi connectivity index (χ4v) is 5.30. The minimum atomic E-state index is -0.998. The van der Waals surface area contributed by atoms with E-state index in [0.29, 0.717) is 39.4 Å². The number of carbonyl (C=O) groups excluding carboxylic acids is 2. The van der Waals surface area contributed by atoms with Crippen LogP contribution < -0.4 is 9.64 Å². The molecule has 5 rings (SSSR count). The van der Waals surface area contributed by atoms with Gasteiger partial charge in [0, 0.05) is 0 Å². The van der Waals surface area contributed by atoms with Crippen molar-refractivity contribution in [1.29, 1.82) is 0 Å². The van der Waals surface area contributed by atoms with Crippen LogP contribution in [0.4, 0.5) is 5.13 Å². The largest absolute Gasteiger partial charge is 0.503 e. The number of carbonyl (C=O) groups is 2. The van der Waals surface area contributed by atoms with Crippen LogP contribution >= 0.6 is 34.5 Å². The van der Waals surface area contributed by atoms with Crippen LogP contribution in [0.25, 0.3) is 10.2 Å². The van der Waals surface area contributed by atoms with Gasteiger partial charge < -0.3 is 14.3 Å². The number of aryl methyl sites for hydroxylation is 1. The standard InChI is InChI=1S/C25H18Cl2N2O5S/c1-3-33-14-6-8-17-19(11-14)35-25(28-17)29-21(13-5-7-15(26)16(27)10-13)20(23(31)24(29)32)22(30)18-9-4-12(2)34-18/h4-11,21,31H,3H2,1-2H3/t21-/m0/s1. The zero-order valence-electron chi connectivity index (χ0n) is 18.5. The monoisotopic (exact) mass is 528 g/mol. The van der Waals surface area contributed by atoms with Crippen molar-refractivity contribution in [2.24, 2.45) is 0 Å². The Hall–Kier alpha value is -3.33. The molecule has 1 atom stereocenters. The average molecular weight is 529 g/mol. The molecule has 1 aliphatic rings. The summed E-state index contributed by atoms with van der Waals surface area (Å²) in [7, 11) is 0. The van der Waals surface area contributed by atoms with Gasteiger partial charge in [0.05, 0.1) is 38.5 Å². The summed E-state index contributed by atoms with van der Waals surface area (Å²) in [5, 5.41) is 11.8. The molecule has 0 saturated heterocycles. The van der Waals surface area contributed by atoms with Gasteiger partial charge in [0.2, 0.25) is 5.78 Å². The fourth-order valence-electron chi connectivity index (χ4n) is 3.97. The number of aliphatic hydroxyl groups is 1. The molecule has 35 heavy (non-hydrogen) atoms. The number of furan rings is 1. The molecule has 0 unspecified atom stereocenters. The van der Waals surface area contributed by atoms with Crippen molar-refractivity contribution >= 4 is 61.6 Å². The van der Waals surface area contributed by atoms with Gasteiger partial charge in [-0.15, -0.1) is 0 Å². The van der Waals surface area contributed by atoms with E-state index in [4.69, 9.17) is 32.4 Å². The molecule has 0 fully saturated rings. The van der Waals surface area contributed by atoms with Crippen molar-refractivity contribution in [3.8, 4) is 5.75 Å². The summed E-state index contributed by atoms with van der Waals surface area (Å²) in [5.74, 6) is -0.825. The number of nitrogens with zero attached hydrogens (tertiary/aromatic N) is 2. The first-order valence-electron chi connectivity index (χ1n) is 10.6. The minimum absolute atomic E-state index is 0.00872. The van der Waals surface area contributed by atoms with Crippen LogP contribution in [0, 0.1) is 6.92 Å². The summed E-state index contributed by atoms with van der Waals surface area (Å²) in [5.41, 5.74) is 1.00. The van der Waals surface area contributed by atoms with Crippen LogP contribution in [0.2, 0.25) is 10.0 Å². The van der Waals surface area contributed by atoms with E-state index in [1.807, 2.05) is 13.0 Å². The normalized spacial score (nSPS) is 15.9. The zero-order chi connectivity index (χ0) is 24.9. The molecule has 0 bridgehead atoms. The molecule has 3 heterocycles. The Morgan fingerprint density at radius 3 is 2.66 bits per heavy atom. The summed E-state index contributed by atoms with van der Waals surface area (Å²) in [6, 6.07) is 12.3. The van der Waals surface area contributed by atoms with Crippen LogP contribution in [-0.2, 0) is 4.79 Å². The molecule has 2 aromatic heterocycles. The van der Waals surface area contributed by atoms with Crippen LogP contribution in [0.3, 0.4) is 0 Å². The second-order valence-electron chi connectivity index (χ2n) is 7.81. The van der Waals surface area contributed by atoms with Gasteiger partial charge in [-0.3, -0.25) is 14.5 Å². The number of ketones is 1. The summed E-state index contributed by atoms with van der Waals surface area (Å²) in [6.07, 6.45) is 0. The molecule has 0 radical (unpaired) electrons. The van der Waals surface area contributed by atoms with Crippen molar-refractivity contribution in [2.75, 3.05) is 11.5 Å². The van der Waals surface area contributed by atoms with Gasteiger partial charge in [-0.05, 0) is 61.9 Å². The van der Waals surface area contributed by atoms with E-state index in [1.165, 1.54) is 22.3 Å². The molecule has 1 N–H and O–H groups in total. The van der Waals surface area contributed by atoms with Gasteiger partial charge >= 0.3 is 0 Å². The third-order valence-corrected chi connectivity index (χ3v) is 7.30. The lowest BCUT2D eigenvalue weighted by Crippen LogP contribution is -2.31. The summed E-state index contributed by atoms with van der Waals surface area (Å²) in [6.45, 7) is 4.10. The lowest BCUT2D eigenvalue weighted by Gasteiger charge is -2.24. The van der Waals surface area contributed by atoms with E-state index in [-0.39, 0.29) is 16.4 Å². The number of hydrogen-bond donors (Lipinski definition) is 1. The van der Waals surface area contributed by atoms with Crippen molar-refractivity contribution < 1.29 is 23.8 Å². The van der Waals surface area contributed by atoms with E-state index in [1.54, 1.807) is 43.3 Å². The van der Waals surface area contributed by atoms with E-state index in [2.05, 4.69) is 4.98 Å². The van der Waals surface area contributed by atoms with E-state index >= 15 is 0 Å². The lowest BCUT2D eigenvalue weighted by molar-refractivity contribution is -0.117. The number of thiazole rings is 1. The fraction of sp³-hybridized carbons (Fsp3) is 0.160. The first-order valence-corrected chi connectivity index (χ1v) is 12.2. The molecule has 0 spiro atoms. The SMILES string of the molecule is CCOc1ccc2nc(N3C(=O)C(O)=C(C(=O)c4ccc(C)o4)[C@@H]3c3ccc(Cl)c(Cl)c3)sc2c1. The summed E-state index contributed by atoms with van der Waals surface area (Å²) in [4.78, 5) is 32.7. The van der Waals surface area contributed by atoms with Gasteiger partial charge in [0.1, 0.15) is 11.5 Å². The third-order valence-electron chi connectivity index (χ3n) is 5.54. The zero-order valence-corrected chi connectivity index (χ0v) is 20.9. The Labute approximate surface area is 214 Å². The number of anilines is 1. The van der Waals surface area contributed by atoms with Gasteiger partial charge in [0.25, 0.3) is 5.91 Å². The van der Waals surface area contributed by atoms with Crippen LogP contribution in [0.5, 0.6) is 5.75 Å². The molecule has 2 aromatic carbocycles. The van der Waals surface area contributed by atoms with E-state index in [0.717, 1.165) is 4.70 Å². The molecular weight excluding hydrogens is 511 g/mol. The van der Waals surface area contributed by atoms with Crippen LogP contribution in [0.1, 0.15) is 34.8 Å². The number of aromatic nitrogens is 1. The highest BCUT2D eigenvalue weighted by atomic mass is 35.5. The molecule has 4 aromatic rings. The maximum absolute atomic E-state index is 13.4. The van der Waals surface area contributed by atoms with Crippen molar-refractivity contribution in [2.45, 2.75) is 19.9 Å². The predicted molar refractivity (Wildman–Crippen MR) is 135 cm³/mol. The van der Waals surface area contributed by atoms with Gasteiger partial charge in [-0.2, -0.15) is 0 Å². The quantitative estimate of drug-likeness (QED) is 0.280. The molecule has 178 valence electrons. The van der Waals surface area contributed by atoms with E-state index in [9.17, 15) is 14.7 Å². The van der Waals surface area contributed by atoms with Crippen molar-refractivity contribution in [3.63, 3.8) is 0 Å². The number of benzene rings is 2. The number of Topliss-reactive ketones (excluding diaryl/α,β-unsaturated/α-hetero) is 1. The third kappa shape index (κ3) is 4.07. The number of aliphatic hydroxyl groups excluding tert-OH is 1. The highest BCUT2D eigenvalue weighted by Gasteiger charge is 2.46. The molecule has 0 saturated carbocycles. The first-order chi connectivity index (χ1) is 16.8. The summed E-state index contributed by atoms with van der Waals surface area (Å²) >= 11 is 13.6. The smallest absolute Gasteiger partial charge is 0.296 e. The molecule has 7 nitrogen and oxygen atoms in total. The van der Waals surface area contributed by atoms with Crippen LogP contribution in [0.15, 0.2) is 64.3 Å². The first kappa shape index (κ1) is 23.4.